The Labute approximate surface area is 259 Å². The molecule has 0 spiro atoms. The highest BCUT2D eigenvalue weighted by Crippen LogP contribution is 2.26. The average Bonchev–Trinajstić information content (AvgIpc) is 3.03. The summed E-state index contributed by atoms with van der Waals surface area (Å²) in [6, 6.07) is 29.1. The Morgan fingerprint density at radius 3 is 2.18 bits per heavy atom. The van der Waals surface area contributed by atoms with Crippen LogP contribution in [0.25, 0.3) is 0 Å². The summed E-state index contributed by atoms with van der Waals surface area (Å²) >= 11 is 0. The standard InChI is InChI=1S/C35H38FN3O4S/c1-3-4-22-37-35(41)33(24-28-15-7-5-8-16-28)38(25-29-17-11-12-21-32(29)36)34(40)26-39(30-18-13-14-27(2)23-30)44(42,43)31-19-9-6-10-20-31/h5-21,23,33H,3-4,22,24-26H2,1-2H3,(H,37,41)/t33-/m0/s1. The number of carbonyl (C=O) groups is 2. The van der Waals surface area contributed by atoms with Gasteiger partial charge >= 0.3 is 0 Å². The first kappa shape index (κ1) is 32.4. The van der Waals surface area contributed by atoms with Crippen molar-refractivity contribution in [3.8, 4) is 0 Å². The van der Waals surface area contributed by atoms with Crippen LogP contribution in [0, 0.1) is 12.7 Å². The minimum atomic E-state index is -4.19. The topological polar surface area (TPSA) is 86.8 Å². The van der Waals surface area contributed by atoms with E-state index in [4.69, 9.17) is 0 Å². The second-order valence-corrected chi connectivity index (χ2v) is 12.5. The summed E-state index contributed by atoms with van der Waals surface area (Å²) < 4.78 is 44.0. The normalized spacial score (nSPS) is 11.9. The maximum Gasteiger partial charge on any atom is 0.264 e. The van der Waals surface area contributed by atoms with E-state index in [2.05, 4.69) is 5.32 Å². The lowest BCUT2D eigenvalue weighted by Gasteiger charge is -2.34. The van der Waals surface area contributed by atoms with Crippen LogP contribution < -0.4 is 9.62 Å². The molecule has 0 aromatic heterocycles. The molecule has 1 N–H and O–H groups in total. The SMILES string of the molecule is CCCCNC(=O)[C@H](Cc1ccccc1)N(Cc1ccccc1F)C(=O)CN(c1cccc(C)c1)S(=O)(=O)c1ccccc1. The Hall–Kier alpha value is -4.50. The zero-order valence-electron chi connectivity index (χ0n) is 25.0. The van der Waals surface area contributed by atoms with Gasteiger partial charge in [0.2, 0.25) is 11.8 Å². The van der Waals surface area contributed by atoms with Crippen molar-refractivity contribution in [1.29, 1.82) is 0 Å². The van der Waals surface area contributed by atoms with Gasteiger partial charge in [0.05, 0.1) is 10.6 Å². The number of nitrogens with one attached hydrogen (secondary N) is 1. The van der Waals surface area contributed by atoms with Crippen LogP contribution in [0.5, 0.6) is 0 Å². The number of sulfonamides is 1. The molecule has 230 valence electrons. The highest BCUT2D eigenvalue weighted by Gasteiger charge is 2.35. The van der Waals surface area contributed by atoms with E-state index in [1.165, 1.54) is 23.1 Å². The van der Waals surface area contributed by atoms with E-state index < -0.39 is 34.3 Å². The summed E-state index contributed by atoms with van der Waals surface area (Å²) in [5.74, 6) is -1.55. The lowest BCUT2D eigenvalue weighted by atomic mass is 10.0. The van der Waals surface area contributed by atoms with E-state index in [0.29, 0.717) is 12.2 Å². The fourth-order valence-corrected chi connectivity index (χ4v) is 6.33. The molecule has 4 aromatic rings. The van der Waals surface area contributed by atoms with Crippen molar-refractivity contribution in [3.63, 3.8) is 0 Å². The molecule has 0 saturated heterocycles. The van der Waals surface area contributed by atoms with Gasteiger partial charge in [-0.15, -0.1) is 0 Å². The molecule has 2 amide bonds. The minimum Gasteiger partial charge on any atom is -0.354 e. The number of halogens is 1. The maximum atomic E-state index is 15.0. The van der Waals surface area contributed by atoms with Gasteiger partial charge in [0.15, 0.2) is 0 Å². The summed E-state index contributed by atoms with van der Waals surface area (Å²) in [5, 5.41) is 2.93. The Morgan fingerprint density at radius 2 is 1.52 bits per heavy atom. The largest absolute Gasteiger partial charge is 0.354 e. The molecule has 4 aromatic carbocycles. The number of hydrogen-bond acceptors (Lipinski definition) is 4. The van der Waals surface area contributed by atoms with Crippen LogP contribution >= 0.6 is 0 Å². The molecular weight excluding hydrogens is 577 g/mol. The van der Waals surface area contributed by atoms with Crippen LogP contribution in [-0.2, 0) is 32.6 Å². The molecule has 0 unspecified atom stereocenters. The van der Waals surface area contributed by atoms with Crippen molar-refractivity contribution in [2.75, 3.05) is 17.4 Å². The fraction of sp³-hybridized carbons (Fsp3) is 0.257. The van der Waals surface area contributed by atoms with E-state index in [9.17, 15) is 22.4 Å². The summed E-state index contributed by atoms with van der Waals surface area (Å²) in [7, 11) is -4.19. The van der Waals surface area contributed by atoms with Crippen molar-refractivity contribution in [3.05, 3.63) is 132 Å². The second-order valence-electron chi connectivity index (χ2n) is 10.6. The van der Waals surface area contributed by atoms with Crippen LogP contribution in [0.2, 0.25) is 0 Å². The molecule has 0 aliphatic rings. The van der Waals surface area contributed by atoms with E-state index >= 15 is 0 Å². The van der Waals surface area contributed by atoms with Gasteiger partial charge in [0.1, 0.15) is 18.4 Å². The zero-order valence-corrected chi connectivity index (χ0v) is 25.8. The molecule has 0 saturated carbocycles. The van der Waals surface area contributed by atoms with Gasteiger partial charge in [-0.05, 0) is 54.8 Å². The number of nitrogens with zero attached hydrogens (tertiary/aromatic N) is 2. The zero-order chi connectivity index (χ0) is 31.5. The van der Waals surface area contributed by atoms with Crippen molar-refractivity contribution < 1.29 is 22.4 Å². The number of unbranched alkanes of at least 4 members (excludes halogenated alkanes) is 1. The first-order valence-electron chi connectivity index (χ1n) is 14.7. The number of benzene rings is 4. The molecule has 44 heavy (non-hydrogen) atoms. The predicted molar refractivity (Wildman–Crippen MR) is 171 cm³/mol. The highest BCUT2D eigenvalue weighted by molar-refractivity contribution is 7.92. The van der Waals surface area contributed by atoms with Crippen LogP contribution in [0.1, 0.15) is 36.5 Å². The number of amides is 2. The molecule has 0 radical (unpaired) electrons. The average molecular weight is 616 g/mol. The van der Waals surface area contributed by atoms with E-state index in [0.717, 1.165) is 28.3 Å². The number of rotatable bonds is 14. The molecule has 0 fully saturated rings. The Morgan fingerprint density at radius 1 is 0.864 bits per heavy atom. The smallest absolute Gasteiger partial charge is 0.264 e. The van der Waals surface area contributed by atoms with Crippen LogP contribution in [-0.4, -0.2) is 44.3 Å². The number of hydrogen-bond donors (Lipinski definition) is 1. The monoisotopic (exact) mass is 615 g/mol. The van der Waals surface area contributed by atoms with Crippen molar-refractivity contribution in [1.82, 2.24) is 10.2 Å². The molecule has 0 aliphatic carbocycles. The molecule has 1 atom stereocenters. The van der Waals surface area contributed by atoms with Gasteiger partial charge < -0.3 is 10.2 Å². The quantitative estimate of drug-likeness (QED) is 0.179. The van der Waals surface area contributed by atoms with Gasteiger partial charge in [-0.25, -0.2) is 12.8 Å². The fourth-order valence-electron chi connectivity index (χ4n) is 4.90. The molecular formula is C35H38FN3O4S. The number of carbonyl (C=O) groups excluding carboxylic acids is 2. The van der Waals surface area contributed by atoms with Crippen LogP contribution in [0.4, 0.5) is 10.1 Å². The van der Waals surface area contributed by atoms with Gasteiger partial charge in [0.25, 0.3) is 10.0 Å². The third-order valence-electron chi connectivity index (χ3n) is 7.30. The van der Waals surface area contributed by atoms with Crippen LogP contribution in [0.3, 0.4) is 0 Å². The lowest BCUT2D eigenvalue weighted by molar-refractivity contribution is -0.140. The van der Waals surface area contributed by atoms with E-state index in [-0.39, 0.29) is 29.3 Å². The first-order chi connectivity index (χ1) is 21.2. The molecule has 0 aliphatic heterocycles. The molecule has 9 heteroatoms. The molecule has 0 bridgehead atoms. The summed E-state index contributed by atoms with van der Waals surface area (Å²) in [6.45, 7) is 3.44. The Bertz CT molecular complexity index is 1650. The van der Waals surface area contributed by atoms with Gasteiger partial charge in [0, 0.05) is 25.1 Å². The first-order valence-corrected chi connectivity index (χ1v) is 16.1. The number of anilines is 1. The highest BCUT2D eigenvalue weighted by atomic mass is 32.2. The van der Waals surface area contributed by atoms with E-state index in [1.54, 1.807) is 54.6 Å². The second kappa shape index (κ2) is 15.3. The summed E-state index contributed by atoms with van der Waals surface area (Å²) in [6.07, 6.45) is 1.78. The Balaban J connectivity index is 1.79. The van der Waals surface area contributed by atoms with Gasteiger partial charge in [-0.1, -0.05) is 92.2 Å². The van der Waals surface area contributed by atoms with Gasteiger partial charge in [-0.2, -0.15) is 0 Å². The minimum absolute atomic E-state index is 0.0214. The van der Waals surface area contributed by atoms with Gasteiger partial charge in [-0.3, -0.25) is 13.9 Å². The molecule has 0 heterocycles. The van der Waals surface area contributed by atoms with Crippen LogP contribution in [0.15, 0.2) is 114 Å². The molecule has 4 rings (SSSR count). The maximum absolute atomic E-state index is 15.0. The predicted octanol–water partition coefficient (Wildman–Crippen LogP) is 5.89. The van der Waals surface area contributed by atoms with Crippen molar-refractivity contribution in [2.45, 2.75) is 50.6 Å². The lowest BCUT2D eigenvalue weighted by Crippen LogP contribution is -2.53. The Kier molecular flexibility index (Phi) is 11.3. The third kappa shape index (κ3) is 8.32. The van der Waals surface area contributed by atoms with Crippen molar-refractivity contribution in [2.24, 2.45) is 0 Å². The summed E-state index contributed by atoms with van der Waals surface area (Å²) in [4.78, 5) is 29.4. The third-order valence-corrected chi connectivity index (χ3v) is 9.09. The number of aryl methyl sites for hydroxylation is 1. The van der Waals surface area contributed by atoms with Crippen molar-refractivity contribution >= 4 is 27.5 Å². The van der Waals surface area contributed by atoms with E-state index in [1.807, 2.05) is 50.2 Å². The summed E-state index contributed by atoms with van der Waals surface area (Å²) in [5.41, 5.74) is 2.14. The molecule has 7 nitrogen and oxygen atoms in total.